The Morgan fingerprint density at radius 1 is 1.30 bits per heavy atom. The lowest BCUT2D eigenvalue weighted by atomic mass is 10.2. The number of aromatic nitrogens is 4. The average Bonchev–Trinajstić information content (AvgIpc) is 2.77. The van der Waals surface area contributed by atoms with Crippen molar-refractivity contribution in [1.82, 2.24) is 18.7 Å². The summed E-state index contributed by atoms with van der Waals surface area (Å²) in [7, 11) is 3.29. The Labute approximate surface area is 119 Å². The topological polar surface area (TPSA) is 78.9 Å². The van der Waals surface area contributed by atoms with Gasteiger partial charge in [0, 0.05) is 27.1 Å². The molecule has 0 amide bonds. The SMILES string of the molecule is Cn1cnc2c1c(=O)n(CCCCC(=O)Cl)c(=O)n2C. The van der Waals surface area contributed by atoms with Crippen LogP contribution >= 0.6 is 11.6 Å². The zero-order valence-corrected chi connectivity index (χ0v) is 12.1. The number of carbonyl (C=O) groups is 1. The van der Waals surface area contributed by atoms with Gasteiger partial charge >= 0.3 is 5.69 Å². The van der Waals surface area contributed by atoms with Crippen LogP contribution in [0.15, 0.2) is 15.9 Å². The molecule has 0 aromatic carbocycles. The van der Waals surface area contributed by atoms with Crippen molar-refractivity contribution in [2.24, 2.45) is 14.1 Å². The van der Waals surface area contributed by atoms with Gasteiger partial charge in [-0.1, -0.05) is 0 Å². The second-order valence-electron chi connectivity index (χ2n) is 4.64. The van der Waals surface area contributed by atoms with Crippen LogP contribution in [0.1, 0.15) is 19.3 Å². The number of rotatable bonds is 5. The highest BCUT2D eigenvalue weighted by Gasteiger charge is 2.14. The predicted molar refractivity (Wildman–Crippen MR) is 74.9 cm³/mol. The molecular formula is C12H15ClN4O3. The van der Waals surface area contributed by atoms with Crippen LogP contribution < -0.4 is 11.2 Å². The van der Waals surface area contributed by atoms with E-state index in [1.54, 1.807) is 18.7 Å². The summed E-state index contributed by atoms with van der Waals surface area (Å²) in [6.45, 7) is 0.261. The molecule has 0 aliphatic carbocycles. The fraction of sp³-hybridized carbons (Fsp3) is 0.500. The summed E-state index contributed by atoms with van der Waals surface area (Å²) in [6, 6.07) is 0. The lowest BCUT2D eigenvalue weighted by Crippen LogP contribution is -2.39. The molecule has 7 nitrogen and oxygen atoms in total. The highest BCUT2D eigenvalue weighted by Crippen LogP contribution is 2.04. The Morgan fingerprint density at radius 2 is 2.00 bits per heavy atom. The van der Waals surface area contributed by atoms with E-state index in [0.717, 1.165) is 0 Å². The molecule has 20 heavy (non-hydrogen) atoms. The molecule has 0 radical (unpaired) electrons. The van der Waals surface area contributed by atoms with Crippen LogP contribution in [0.4, 0.5) is 0 Å². The van der Waals surface area contributed by atoms with Gasteiger partial charge in [0.05, 0.1) is 6.33 Å². The number of hydrogen-bond donors (Lipinski definition) is 0. The Hall–Kier alpha value is -1.89. The van der Waals surface area contributed by atoms with Gasteiger partial charge in [0.1, 0.15) is 0 Å². The van der Waals surface area contributed by atoms with Gasteiger partial charge in [0.2, 0.25) is 5.24 Å². The molecule has 2 rings (SSSR count). The zero-order chi connectivity index (χ0) is 14.9. The van der Waals surface area contributed by atoms with Crippen molar-refractivity contribution in [1.29, 1.82) is 0 Å². The Balaban J connectivity index is 2.38. The molecule has 0 N–H and O–H groups in total. The van der Waals surface area contributed by atoms with Gasteiger partial charge in [0.15, 0.2) is 11.2 Å². The van der Waals surface area contributed by atoms with Crippen LogP contribution in [0.3, 0.4) is 0 Å². The maximum absolute atomic E-state index is 12.3. The molecule has 0 saturated carbocycles. The van der Waals surface area contributed by atoms with Gasteiger partial charge in [-0.25, -0.2) is 9.78 Å². The number of halogens is 1. The Morgan fingerprint density at radius 3 is 2.65 bits per heavy atom. The van der Waals surface area contributed by atoms with Gasteiger partial charge in [0.25, 0.3) is 5.56 Å². The number of unbranched alkanes of at least 4 members (excludes halogenated alkanes) is 1. The van der Waals surface area contributed by atoms with Crippen LogP contribution in [0.2, 0.25) is 0 Å². The third-order valence-corrected chi connectivity index (χ3v) is 3.40. The van der Waals surface area contributed by atoms with Crippen molar-refractivity contribution in [2.45, 2.75) is 25.8 Å². The molecule has 0 atom stereocenters. The minimum atomic E-state index is -0.410. The summed E-state index contributed by atoms with van der Waals surface area (Å²) in [4.78, 5) is 39.1. The molecule has 0 unspecified atom stereocenters. The Kier molecular flexibility index (Phi) is 4.08. The first-order valence-corrected chi connectivity index (χ1v) is 6.60. The van der Waals surface area contributed by atoms with E-state index in [0.29, 0.717) is 24.0 Å². The quantitative estimate of drug-likeness (QED) is 0.590. The van der Waals surface area contributed by atoms with E-state index in [9.17, 15) is 14.4 Å². The fourth-order valence-electron chi connectivity index (χ4n) is 2.13. The molecule has 0 saturated heterocycles. The normalized spacial score (nSPS) is 11.2. The lowest BCUT2D eigenvalue weighted by molar-refractivity contribution is -0.111. The van der Waals surface area contributed by atoms with Gasteiger partial charge in [-0.15, -0.1) is 0 Å². The van der Waals surface area contributed by atoms with Crippen LogP contribution in [0, 0.1) is 0 Å². The average molecular weight is 299 g/mol. The lowest BCUT2D eigenvalue weighted by Gasteiger charge is -2.08. The summed E-state index contributed by atoms with van der Waals surface area (Å²) < 4.78 is 4.11. The molecule has 2 heterocycles. The zero-order valence-electron chi connectivity index (χ0n) is 11.3. The van der Waals surface area contributed by atoms with Crippen molar-refractivity contribution in [3.63, 3.8) is 0 Å². The van der Waals surface area contributed by atoms with Crippen LogP contribution in [0.25, 0.3) is 11.2 Å². The minimum Gasteiger partial charge on any atom is -0.328 e. The van der Waals surface area contributed by atoms with E-state index >= 15 is 0 Å². The van der Waals surface area contributed by atoms with Gasteiger partial charge in [-0.3, -0.25) is 18.7 Å². The second kappa shape index (κ2) is 5.62. The van der Waals surface area contributed by atoms with Gasteiger partial charge in [-0.2, -0.15) is 0 Å². The van der Waals surface area contributed by atoms with E-state index < -0.39 is 10.9 Å². The van der Waals surface area contributed by atoms with Crippen molar-refractivity contribution in [3.8, 4) is 0 Å². The van der Waals surface area contributed by atoms with E-state index in [-0.39, 0.29) is 18.5 Å². The number of hydrogen-bond acceptors (Lipinski definition) is 4. The molecule has 0 bridgehead atoms. The summed E-state index contributed by atoms with van der Waals surface area (Å²) in [6.07, 6.45) is 2.82. The van der Waals surface area contributed by atoms with Crippen LogP contribution in [0.5, 0.6) is 0 Å². The van der Waals surface area contributed by atoms with E-state index in [1.165, 1.54) is 15.5 Å². The first-order valence-electron chi connectivity index (χ1n) is 6.22. The first kappa shape index (κ1) is 14.5. The number of fused-ring (bicyclic) bond motifs is 1. The smallest absolute Gasteiger partial charge is 0.328 e. The van der Waals surface area contributed by atoms with Gasteiger partial charge < -0.3 is 4.57 Å². The summed E-state index contributed by atoms with van der Waals surface area (Å²) >= 11 is 5.25. The molecule has 0 aliphatic rings. The van der Waals surface area contributed by atoms with E-state index in [1.807, 2.05) is 0 Å². The maximum Gasteiger partial charge on any atom is 0.332 e. The van der Waals surface area contributed by atoms with Crippen molar-refractivity contribution in [2.75, 3.05) is 0 Å². The monoisotopic (exact) mass is 298 g/mol. The maximum atomic E-state index is 12.3. The van der Waals surface area contributed by atoms with E-state index in [4.69, 9.17) is 11.6 Å². The summed E-state index contributed by atoms with van der Waals surface area (Å²) in [5.74, 6) is 0. The first-order chi connectivity index (χ1) is 9.43. The fourth-order valence-corrected chi connectivity index (χ4v) is 2.26. The largest absolute Gasteiger partial charge is 0.332 e. The van der Waals surface area contributed by atoms with Crippen molar-refractivity contribution < 1.29 is 4.79 Å². The highest BCUT2D eigenvalue weighted by atomic mass is 35.5. The summed E-state index contributed by atoms with van der Waals surface area (Å²) in [5, 5.41) is -0.410. The number of carbonyl (C=O) groups excluding carboxylic acids is 1. The number of imidazole rings is 1. The highest BCUT2D eigenvalue weighted by molar-refractivity contribution is 6.63. The van der Waals surface area contributed by atoms with Crippen molar-refractivity contribution >= 4 is 28.0 Å². The summed E-state index contributed by atoms with van der Waals surface area (Å²) in [5.41, 5.74) is -0.00564. The van der Waals surface area contributed by atoms with Crippen LogP contribution in [-0.2, 0) is 25.4 Å². The Bertz CT molecular complexity index is 771. The molecule has 0 fully saturated rings. The van der Waals surface area contributed by atoms with Crippen molar-refractivity contribution in [3.05, 3.63) is 27.2 Å². The molecule has 2 aromatic rings. The number of nitrogens with zero attached hydrogens (tertiary/aromatic N) is 4. The van der Waals surface area contributed by atoms with E-state index in [2.05, 4.69) is 4.98 Å². The third kappa shape index (κ3) is 2.53. The number of aryl methyl sites for hydroxylation is 2. The molecule has 108 valence electrons. The molecule has 0 spiro atoms. The predicted octanol–water partition coefficient (Wildman–Crippen LogP) is 0.369. The molecule has 8 heteroatoms. The standard InChI is InChI=1S/C12H15ClN4O3/c1-15-7-14-10-9(15)11(19)17(12(20)16(10)2)6-4-3-5-8(13)18/h7H,3-6H2,1-2H3. The molecule has 2 aromatic heterocycles. The second-order valence-corrected chi connectivity index (χ2v) is 5.06. The third-order valence-electron chi connectivity index (χ3n) is 3.21. The van der Waals surface area contributed by atoms with Gasteiger partial charge in [-0.05, 0) is 24.4 Å². The van der Waals surface area contributed by atoms with Crippen LogP contribution in [-0.4, -0.2) is 23.9 Å². The molecular weight excluding hydrogens is 284 g/mol. The minimum absolute atomic E-state index is 0.241. The molecule has 0 aliphatic heterocycles.